The van der Waals surface area contributed by atoms with Crippen LogP contribution in [-0.4, -0.2) is 0 Å². The molecule has 1 fully saturated rings. The molecule has 1 aliphatic rings. The fourth-order valence-electron chi connectivity index (χ4n) is 1.90. The van der Waals surface area contributed by atoms with E-state index in [1.807, 2.05) is 0 Å². The largest absolute Gasteiger partial charge is 0.198 e. The Morgan fingerprint density at radius 2 is 2.30 bits per heavy atom. The predicted molar refractivity (Wildman–Crippen MR) is 41.4 cm³/mol. The molecule has 0 bridgehead atoms. The van der Waals surface area contributed by atoms with E-state index < -0.39 is 0 Å². The Kier molecular flexibility index (Phi) is 2.74. The molecule has 0 saturated heterocycles. The van der Waals surface area contributed by atoms with E-state index in [2.05, 4.69) is 13.0 Å². The molecule has 0 radical (unpaired) electrons. The van der Waals surface area contributed by atoms with Gasteiger partial charge in [-0.15, -0.1) is 0 Å². The van der Waals surface area contributed by atoms with Crippen molar-refractivity contribution in [2.45, 2.75) is 39.0 Å². The third-order valence-electron chi connectivity index (χ3n) is 2.67. The summed E-state index contributed by atoms with van der Waals surface area (Å²) < 4.78 is 0. The summed E-state index contributed by atoms with van der Waals surface area (Å²) in [4.78, 5) is 0. The molecule has 0 spiro atoms. The van der Waals surface area contributed by atoms with Gasteiger partial charge in [0.05, 0.1) is 6.07 Å². The zero-order valence-electron chi connectivity index (χ0n) is 6.64. The predicted octanol–water partition coefficient (Wildman–Crippen LogP) is 2.73. The van der Waals surface area contributed by atoms with Crippen molar-refractivity contribution in [1.82, 2.24) is 0 Å². The van der Waals surface area contributed by atoms with Crippen LogP contribution in [-0.2, 0) is 0 Å². The van der Waals surface area contributed by atoms with E-state index in [9.17, 15) is 0 Å². The van der Waals surface area contributed by atoms with Crippen molar-refractivity contribution >= 4 is 0 Å². The Hall–Kier alpha value is -0.510. The maximum atomic E-state index is 8.36. The van der Waals surface area contributed by atoms with Gasteiger partial charge in [-0.1, -0.05) is 26.2 Å². The molecule has 0 aliphatic heterocycles. The quantitative estimate of drug-likeness (QED) is 0.574. The average Bonchev–Trinajstić information content (AvgIpc) is 2.31. The number of hydrogen-bond donors (Lipinski definition) is 0. The zero-order valence-corrected chi connectivity index (χ0v) is 6.64. The summed E-state index contributed by atoms with van der Waals surface area (Å²) in [6, 6.07) is 2.22. The van der Waals surface area contributed by atoms with Gasteiger partial charge in [-0.2, -0.15) is 5.26 Å². The second-order valence-corrected chi connectivity index (χ2v) is 3.37. The molecule has 0 aromatic carbocycles. The van der Waals surface area contributed by atoms with E-state index in [1.54, 1.807) is 0 Å². The lowest BCUT2D eigenvalue weighted by Crippen LogP contribution is -2.02. The van der Waals surface area contributed by atoms with E-state index in [0.717, 1.165) is 24.7 Å². The third-order valence-corrected chi connectivity index (χ3v) is 2.67. The molecular formula is C9H15N. The van der Waals surface area contributed by atoms with Crippen LogP contribution < -0.4 is 0 Å². The maximum Gasteiger partial charge on any atom is 0.0621 e. The Bertz CT molecular complexity index is 134. The van der Waals surface area contributed by atoms with Crippen LogP contribution in [0.5, 0.6) is 0 Å². The van der Waals surface area contributed by atoms with Gasteiger partial charge in [0, 0.05) is 6.42 Å². The second kappa shape index (κ2) is 3.61. The molecule has 2 atom stereocenters. The van der Waals surface area contributed by atoms with Gasteiger partial charge in [-0.3, -0.25) is 0 Å². The summed E-state index contributed by atoms with van der Waals surface area (Å²) >= 11 is 0. The van der Waals surface area contributed by atoms with Crippen molar-refractivity contribution in [2.24, 2.45) is 11.8 Å². The molecule has 0 heterocycles. The number of nitrogens with zero attached hydrogens (tertiary/aromatic N) is 1. The van der Waals surface area contributed by atoms with E-state index in [0.29, 0.717) is 0 Å². The molecule has 0 aromatic heterocycles. The molecule has 10 heavy (non-hydrogen) atoms. The Balaban J connectivity index is 2.21. The fraction of sp³-hybridized carbons (Fsp3) is 0.889. The van der Waals surface area contributed by atoms with Gasteiger partial charge in [0.1, 0.15) is 0 Å². The smallest absolute Gasteiger partial charge is 0.0621 e. The monoisotopic (exact) mass is 137 g/mol. The fourth-order valence-corrected chi connectivity index (χ4v) is 1.90. The van der Waals surface area contributed by atoms with E-state index >= 15 is 0 Å². The standard InChI is InChI=1S/C9H15N/c1-8-4-2-5-9(8)6-3-7-10/h8-9H,2-6H2,1H3/t8-,9?/m1/s1. The Labute approximate surface area is 63.0 Å². The summed E-state index contributed by atoms with van der Waals surface area (Å²) in [6.45, 7) is 2.31. The summed E-state index contributed by atoms with van der Waals surface area (Å²) in [5.41, 5.74) is 0. The summed E-state index contributed by atoms with van der Waals surface area (Å²) in [6.07, 6.45) is 6.03. The minimum Gasteiger partial charge on any atom is -0.198 e. The molecule has 1 aliphatic carbocycles. The molecule has 0 N–H and O–H groups in total. The van der Waals surface area contributed by atoms with Crippen LogP contribution in [0, 0.1) is 23.2 Å². The van der Waals surface area contributed by atoms with Gasteiger partial charge in [-0.05, 0) is 18.3 Å². The summed E-state index contributed by atoms with van der Waals surface area (Å²) in [5, 5.41) is 8.36. The first-order valence-electron chi connectivity index (χ1n) is 4.21. The molecular weight excluding hydrogens is 122 g/mol. The highest BCUT2D eigenvalue weighted by atomic mass is 14.3. The SMILES string of the molecule is C[C@@H]1CCCC1CCC#N. The van der Waals surface area contributed by atoms with Gasteiger partial charge >= 0.3 is 0 Å². The Morgan fingerprint density at radius 1 is 1.50 bits per heavy atom. The van der Waals surface area contributed by atoms with E-state index in [4.69, 9.17) is 5.26 Å². The van der Waals surface area contributed by atoms with Gasteiger partial charge in [0.25, 0.3) is 0 Å². The Morgan fingerprint density at radius 3 is 2.80 bits per heavy atom. The van der Waals surface area contributed by atoms with Crippen LogP contribution in [0.2, 0.25) is 0 Å². The zero-order chi connectivity index (χ0) is 7.40. The molecule has 1 nitrogen and oxygen atoms in total. The molecule has 1 heteroatoms. The van der Waals surface area contributed by atoms with E-state index in [1.165, 1.54) is 19.3 Å². The van der Waals surface area contributed by atoms with Crippen molar-refractivity contribution in [3.63, 3.8) is 0 Å². The minimum absolute atomic E-state index is 0.759. The summed E-state index contributed by atoms with van der Waals surface area (Å²) in [5.74, 6) is 1.74. The van der Waals surface area contributed by atoms with Crippen LogP contribution in [0.3, 0.4) is 0 Å². The van der Waals surface area contributed by atoms with Crippen LogP contribution in [0.25, 0.3) is 0 Å². The first-order chi connectivity index (χ1) is 4.84. The van der Waals surface area contributed by atoms with Crippen LogP contribution in [0.4, 0.5) is 0 Å². The highest BCUT2D eigenvalue weighted by Crippen LogP contribution is 2.33. The van der Waals surface area contributed by atoms with Gasteiger partial charge < -0.3 is 0 Å². The third kappa shape index (κ3) is 1.73. The second-order valence-electron chi connectivity index (χ2n) is 3.37. The highest BCUT2D eigenvalue weighted by molar-refractivity contribution is 4.78. The van der Waals surface area contributed by atoms with Gasteiger partial charge in [0.2, 0.25) is 0 Å². The van der Waals surface area contributed by atoms with E-state index in [-0.39, 0.29) is 0 Å². The lowest BCUT2D eigenvalue weighted by Gasteiger charge is -2.11. The van der Waals surface area contributed by atoms with Crippen molar-refractivity contribution in [3.8, 4) is 6.07 Å². The lowest BCUT2D eigenvalue weighted by atomic mass is 9.94. The lowest BCUT2D eigenvalue weighted by molar-refractivity contribution is 0.396. The molecule has 0 aromatic rings. The first-order valence-corrected chi connectivity index (χ1v) is 4.21. The summed E-state index contributed by atoms with van der Waals surface area (Å²) in [7, 11) is 0. The van der Waals surface area contributed by atoms with Crippen molar-refractivity contribution < 1.29 is 0 Å². The highest BCUT2D eigenvalue weighted by Gasteiger charge is 2.22. The van der Waals surface area contributed by atoms with Gasteiger partial charge in [-0.25, -0.2) is 0 Å². The van der Waals surface area contributed by atoms with Crippen molar-refractivity contribution in [3.05, 3.63) is 0 Å². The van der Waals surface area contributed by atoms with Crippen molar-refractivity contribution in [2.75, 3.05) is 0 Å². The number of nitriles is 1. The molecule has 0 amide bonds. The molecule has 56 valence electrons. The van der Waals surface area contributed by atoms with Crippen LogP contribution in [0.15, 0.2) is 0 Å². The van der Waals surface area contributed by atoms with Gasteiger partial charge in [0.15, 0.2) is 0 Å². The maximum absolute atomic E-state index is 8.36. The normalized spacial score (nSPS) is 32.0. The van der Waals surface area contributed by atoms with Crippen LogP contribution in [0.1, 0.15) is 39.0 Å². The minimum atomic E-state index is 0.759. The molecule has 1 rings (SSSR count). The number of hydrogen-bond acceptors (Lipinski definition) is 1. The topological polar surface area (TPSA) is 23.8 Å². The van der Waals surface area contributed by atoms with Crippen molar-refractivity contribution in [1.29, 1.82) is 5.26 Å². The average molecular weight is 137 g/mol. The van der Waals surface area contributed by atoms with Crippen LogP contribution >= 0.6 is 0 Å². The number of rotatable bonds is 2. The molecule has 1 saturated carbocycles. The molecule has 1 unspecified atom stereocenters. The first kappa shape index (κ1) is 7.60.